The average Bonchev–Trinajstić information content (AvgIpc) is 2.37. The standard InChI is InChI=1S/C12H17FN2O2S2/c1-19(16,17)11-8-18-6-5-15(11)12-9(7-14)3-2-4-10(12)13/h2-4,11H,5-8,14H2,1H3. The quantitative estimate of drug-likeness (QED) is 0.909. The second kappa shape index (κ2) is 5.68. The van der Waals surface area contributed by atoms with Crippen LogP contribution in [0.3, 0.4) is 0 Å². The number of rotatable bonds is 3. The molecular formula is C12H17FN2O2S2. The predicted octanol–water partition coefficient (Wildman–Crippen LogP) is 1.21. The Morgan fingerprint density at radius 3 is 2.89 bits per heavy atom. The van der Waals surface area contributed by atoms with Crippen molar-refractivity contribution in [2.75, 3.05) is 29.2 Å². The van der Waals surface area contributed by atoms with Gasteiger partial charge in [-0.15, -0.1) is 0 Å². The molecule has 1 aliphatic rings. The zero-order chi connectivity index (χ0) is 14.0. The minimum atomic E-state index is -3.27. The molecule has 1 heterocycles. The molecule has 0 aromatic heterocycles. The van der Waals surface area contributed by atoms with E-state index in [0.29, 0.717) is 23.5 Å². The summed E-state index contributed by atoms with van der Waals surface area (Å²) in [4.78, 5) is 1.64. The number of nitrogens with zero attached hydrogens (tertiary/aromatic N) is 1. The molecule has 106 valence electrons. The van der Waals surface area contributed by atoms with Crippen LogP contribution >= 0.6 is 11.8 Å². The molecule has 0 saturated carbocycles. The van der Waals surface area contributed by atoms with Crippen molar-refractivity contribution in [3.63, 3.8) is 0 Å². The van der Waals surface area contributed by atoms with Crippen LogP contribution in [0.25, 0.3) is 0 Å². The first-order valence-electron chi connectivity index (χ1n) is 5.96. The molecule has 0 radical (unpaired) electrons. The van der Waals surface area contributed by atoms with E-state index in [-0.39, 0.29) is 6.54 Å². The first-order valence-corrected chi connectivity index (χ1v) is 9.06. The third kappa shape index (κ3) is 3.04. The number of halogens is 1. The van der Waals surface area contributed by atoms with E-state index >= 15 is 0 Å². The molecule has 19 heavy (non-hydrogen) atoms. The number of benzene rings is 1. The highest BCUT2D eigenvalue weighted by Gasteiger charge is 2.33. The summed E-state index contributed by atoms with van der Waals surface area (Å²) in [5, 5.41) is -0.687. The predicted molar refractivity (Wildman–Crippen MR) is 77.6 cm³/mol. The summed E-state index contributed by atoms with van der Waals surface area (Å²) in [7, 11) is -3.27. The van der Waals surface area contributed by atoms with Gasteiger partial charge in [0.25, 0.3) is 0 Å². The molecule has 1 fully saturated rings. The molecule has 1 unspecified atom stereocenters. The normalized spacial score (nSPS) is 20.6. The van der Waals surface area contributed by atoms with Crippen LogP contribution in [0, 0.1) is 5.82 Å². The van der Waals surface area contributed by atoms with Crippen LogP contribution in [-0.4, -0.2) is 38.1 Å². The SMILES string of the molecule is CS(=O)(=O)C1CSCCN1c1c(F)cccc1CN. The second-order valence-electron chi connectivity index (χ2n) is 4.50. The molecular weight excluding hydrogens is 287 g/mol. The largest absolute Gasteiger partial charge is 0.351 e. The molecule has 1 aromatic rings. The summed E-state index contributed by atoms with van der Waals surface area (Å²) in [5.41, 5.74) is 6.61. The fourth-order valence-electron chi connectivity index (χ4n) is 2.24. The van der Waals surface area contributed by atoms with Gasteiger partial charge < -0.3 is 10.6 Å². The van der Waals surface area contributed by atoms with E-state index in [1.54, 1.807) is 28.8 Å². The lowest BCUT2D eigenvalue weighted by atomic mass is 10.1. The minimum absolute atomic E-state index is 0.188. The van der Waals surface area contributed by atoms with Crippen molar-refractivity contribution in [3.05, 3.63) is 29.6 Å². The third-order valence-corrected chi connectivity index (χ3v) is 5.80. The van der Waals surface area contributed by atoms with E-state index in [9.17, 15) is 12.8 Å². The number of nitrogens with two attached hydrogens (primary N) is 1. The topological polar surface area (TPSA) is 63.4 Å². The molecule has 7 heteroatoms. The van der Waals surface area contributed by atoms with Crippen molar-refractivity contribution in [3.8, 4) is 0 Å². The molecule has 1 aromatic carbocycles. The Balaban J connectivity index is 2.49. The summed E-state index contributed by atoms with van der Waals surface area (Å²) in [6.07, 6.45) is 1.19. The Morgan fingerprint density at radius 1 is 1.53 bits per heavy atom. The lowest BCUT2D eigenvalue weighted by Crippen LogP contribution is -2.47. The first kappa shape index (κ1) is 14.6. The van der Waals surface area contributed by atoms with Crippen molar-refractivity contribution in [1.29, 1.82) is 0 Å². The van der Waals surface area contributed by atoms with E-state index in [2.05, 4.69) is 0 Å². The maximum absolute atomic E-state index is 14.1. The highest BCUT2D eigenvalue weighted by Crippen LogP contribution is 2.31. The zero-order valence-corrected chi connectivity index (χ0v) is 12.3. The van der Waals surface area contributed by atoms with Gasteiger partial charge in [-0.05, 0) is 11.6 Å². The van der Waals surface area contributed by atoms with E-state index in [4.69, 9.17) is 5.73 Å². The molecule has 1 saturated heterocycles. The van der Waals surface area contributed by atoms with Crippen LogP contribution in [0.5, 0.6) is 0 Å². The van der Waals surface area contributed by atoms with Gasteiger partial charge in [-0.25, -0.2) is 12.8 Å². The number of hydrogen-bond acceptors (Lipinski definition) is 5. The van der Waals surface area contributed by atoms with Crippen molar-refractivity contribution in [1.82, 2.24) is 0 Å². The Hall–Kier alpha value is -0.790. The second-order valence-corrected chi connectivity index (χ2v) is 7.86. The summed E-state index contributed by atoms with van der Waals surface area (Å²) < 4.78 is 37.8. The fraction of sp³-hybridized carbons (Fsp3) is 0.500. The molecule has 1 atom stereocenters. The van der Waals surface area contributed by atoms with Gasteiger partial charge in [0.05, 0.1) is 5.69 Å². The molecule has 0 bridgehead atoms. The van der Waals surface area contributed by atoms with Crippen LogP contribution in [0.2, 0.25) is 0 Å². The molecule has 4 nitrogen and oxygen atoms in total. The average molecular weight is 304 g/mol. The van der Waals surface area contributed by atoms with E-state index < -0.39 is 21.0 Å². The Kier molecular flexibility index (Phi) is 4.37. The zero-order valence-electron chi connectivity index (χ0n) is 10.7. The van der Waals surface area contributed by atoms with Crippen LogP contribution < -0.4 is 10.6 Å². The maximum Gasteiger partial charge on any atom is 0.169 e. The lowest BCUT2D eigenvalue weighted by molar-refractivity contribution is 0.577. The van der Waals surface area contributed by atoms with Gasteiger partial charge in [-0.2, -0.15) is 11.8 Å². The van der Waals surface area contributed by atoms with Crippen molar-refractivity contribution in [2.45, 2.75) is 11.9 Å². The lowest BCUT2D eigenvalue weighted by Gasteiger charge is -2.37. The van der Waals surface area contributed by atoms with Crippen molar-refractivity contribution in [2.24, 2.45) is 5.73 Å². The summed E-state index contributed by atoms with van der Waals surface area (Å²) in [5.74, 6) is 0.824. The summed E-state index contributed by atoms with van der Waals surface area (Å²) in [6.45, 7) is 0.698. The number of anilines is 1. The van der Waals surface area contributed by atoms with Gasteiger partial charge >= 0.3 is 0 Å². The van der Waals surface area contributed by atoms with Crippen LogP contribution in [0.15, 0.2) is 18.2 Å². The molecule has 2 N–H and O–H groups in total. The van der Waals surface area contributed by atoms with E-state index in [0.717, 1.165) is 5.75 Å². The van der Waals surface area contributed by atoms with Gasteiger partial charge in [-0.3, -0.25) is 0 Å². The molecule has 0 amide bonds. The van der Waals surface area contributed by atoms with Gasteiger partial charge in [-0.1, -0.05) is 12.1 Å². The van der Waals surface area contributed by atoms with Crippen molar-refractivity contribution < 1.29 is 12.8 Å². The fourth-order valence-corrected chi connectivity index (χ4v) is 5.06. The van der Waals surface area contributed by atoms with Crippen LogP contribution in [0.1, 0.15) is 5.56 Å². The Morgan fingerprint density at radius 2 is 2.26 bits per heavy atom. The van der Waals surface area contributed by atoms with Gasteiger partial charge in [0, 0.05) is 30.9 Å². The minimum Gasteiger partial charge on any atom is -0.351 e. The molecule has 2 rings (SSSR count). The maximum atomic E-state index is 14.1. The molecule has 0 aliphatic carbocycles. The van der Waals surface area contributed by atoms with Crippen molar-refractivity contribution >= 4 is 27.3 Å². The van der Waals surface area contributed by atoms with E-state index in [1.165, 1.54) is 12.3 Å². The van der Waals surface area contributed by atoms with Gasteiger partial charge in [0.15, 0.2) is 9.84 Å². The van der Waals surface area contributed by atoms with E-state index in [1.807, 2.05) is 0 Å². The Labute approximate surface area is 117 Å². The van der Waals surface area contributed by atoms with Gasteiger partial charge in [0.1, 0.15) is 11.2 Å². The number of para-hydroxylation sites is 1. The smallest absolute Gasteiger partial charge is 0.169 e. The number of sulfone groups is 1. The monoisotopic (exact) mass is 304 g/mol. The van der Waals surface area contributed by atoms with Crippen LogP contribution in [-0.2, 0) is 16.4 Å². The highest BCUT2D eigenvalue weighted by atomic mass is 32.2. The highest BCUT2D eigenvalue weighted by molar-refractivity contribution is 8.01. The van der Waals surface area contributed by atoms with Gasteiger partial charge in [0.2, 0.25) is 0 Å². The number of hydrogen-bond donors (Lipinski definition) is 1. The molecule has 0 spiro atoms. The van der Waals surface area contributed by atoms with Crippen LogP contribution in [0.4, 0.5) is 10.1 Å². The summed E-state index contributed by atoms with van der Waals surface area (Å²) >= 11 is 1.57. The third-order valence-electron chi connectivity index (χ3n) is 3.16. The Bertz CT molecular complexity index is 563. The number of thioether (sulfide) groups is 1. The summed E-state index contributed by atoms with van der Waals surface area (Å²) in [6, 6.07) is 4.67. The first-order chi connectivity index (χ1) is 8.95. The molecule has 1 aliphatic heterocycles.